The SMILES string of the molecule is CCCOc1ccc(-c2csc3ccccc23)cc1C(=O)N[C@@H](CO)Cc1cn(C)c2ccccc12. The average Bonchev–Trinajstić information content (AvgIpc) is 3.48. The Morgan fingerprint density at radius 1 is 1.08 bits per heavy atom. The molecule has 6 heteroatoms. The molecule has 0 aliphatic rings. The summed E-state index contributed by atoms with van der Waals surface area (Å²) in [4.78, 5) is 13.5. The summed E-state index contributed by atoms with van der Waals surface area (Å²) in [5, 5.41) is 17.6. The van der Waals surface area contributed by atoms with E-state index in [4.69, 9.17) is 4.74 Å². The first-order valence-corrected chi connectivity index (χ1v) is 13.1. The van der Waals surface area contributed by atoms with Crippen LogP contribution in [0.2, 0.25) is 0 Å². The van der Waals surface area contributed by atoms with Crippen molar-refractivity contribution < 1.29 is 14.6 Å². The van der Waals surface area contributed by atoms with Gasteiger partial charge in [0, 0.05) is 39.8 Å². The molecule has 0 radical (unpaired) electrons. The molecule has 0 aliphatic heterocycles. The molecule has 1 atom stereocenters. The van der Waals surface area contributed by atoms with Gasteiger partial charge in [-0.25, -0.2) is 0 Å². The molecule has 5 aromatic rings. The number of benzene rings is 3. The normalized spacial score (nSPS) is 12.2. The molecule has 0 saturated carbocycles. The number of carbonyl (C=O) groups excluding carboxylic acids is 1. The molecule has 36 heavy (non-hydrogen) atoms. The number of nitrogens with zero attached hydrogens (tertiary/aromatic N) is 1. The first-order chi connectivity index (χ1) is 17.6. The fourth-order valence-corrected chi connectivity index (χ4v) is 5.66. The number of aliphatic hydroxyl groups excluding tert-OH is 1. The number of fused-ring (bicyclic) bond motifs is 2. The molecule has 2 heterocycles. The van der Waals surface area contributed by atoms with E-state index in [1.807, 2.05) is 56.4 Å². The summed E-state index contributed by atoms with van der Waals surface area (Å²) in [6.45, 7) is 2.41. The van der Waals surface area contributed by atoms with Crippen molar-refractivity contribution in [1.82, 2.24) is 9.88 Å². The van der Waals surface area contributed by atoms with E-state index in [1.54, 1.807) is 11.3 Å². The number of aliphatic hydroxyl groups is 1. The van der Waals surface area contributed by atoms with E-state index < -0.39 is 6.04 Å². The van der Waals surface area contributed by atoms with Crippen molar-refractivity contribution in [2.75, 3.05) is 13.2 Å². The predicted molar refractivity (Wildman–Crippen MR) is 148 cm³/mol. The van der Waals surface area contributed by atoms with E-state index in [9.17, 15) is 9.90 Å². The molecule has 0 spiro atoms. The Labute approximate surface area is 215 Å². The Bertz CT molecular complexity index is 1520. The number of para-hydroxylation sites is 1. The van der Waals surface area contributed by atoms with E-state index in [0.717, 1.165) is 34.0 Å². The maximum atomic E-state index is 13.5. The minimum Gasteiger partial charge on any atom is -0.493 e. The van der Waals surface area contributed by atoms with Gasteiger partial charge in [0.25, 0.3) is 5.91 Å². The number of ether oxygens (including phenoxy) is 1. The van der Waals surface area contributed by atoms with Crippen LogP contribution in [-0.2, 0) is 13.5 Å². The summed E-state index contributed by atoms with van der Waals surface area (Å²) < 4.78 is 9.22. The summed E-state index contributed by atoms with van der Waals surface area (Å²) in [6.07, 6.45) is 3.44. The van der Waals surface area contributed by atoms with Crippen molar-refractivity contribution >= 4 is 38.2 Å². The predicted octanol–water partition coefficient (Wildman–Crippen LogP) is 6.18. The molecule has 1 amide bonds. The van der Waals surface area contributed by atoms with E-state index >= 15 is 0 Å². The van der Waals surface area contributed by atoms with Gasteiger partial charge in [-0.15, -0.1) is 11.3 Å². The van der Waals surface area contributed by atoms with Crippen molar-refractivity contribution in [3.8, 4) is 16.9 Å². The number of carbonyl (C=O) groups is 1. The second-order valence-electron chi connectivity index (χ2n) is 9.04. The van der Waals surface area contributed by atoms with Gasteiger partial charge in [-0.05, 0) is 53.6 Å². The first kappa shape index (κ1) is 24.1. The first-order valence-electron chi connectivity index (χ1n) is 12.3. The van der Waals surface area contributed by atoms with Crippen LogP contribution in [-0.4, -0.2) is 34.8 Å². The van der Waals surface area contributed by atoms with Crippen LogP contribution < -0.4 is 10.1 Å². The fourth-order valence-electron chi connectivity index (χ4n) is 4.69. The molecule has 0 aliphatic carbocycles. The zero-order chi connectivity index (χ0) is 25.1. The van der Waals surface area contributed by atoms with Crippen LogP contribution in [0.1, 0.15) is 29.3 Å². The van der Waals surface area contributed by atoms with Gasteiger partial charge in [0.2, 0.25) is 0 Å². The summed E-state index contributed by atoms with van der Waals surface area (Å²) in [7, 11) is 2.01. The summed E-state index contributed by atoms with van der Waals surface area (Å²) in [6, 6.07) is 21.8. The van der Waals surface area contributed by atoms with Crippen LogP contribution in [0.15, 0.2) is 78.3 Å². The second-order valence-corrected chi connectivity index (χ2v) is 9.96. The number of aryl methyl sites for hydroxylation is 1. The number of amides is 1. The van der Waals surface area contributed by atoms with Crippen molar-refractivity contribution in [2.45, 2.75) is 25.8 Å². The van der Waals surface area contributed by atoms with E-state index in [-0.39, 0.29) is 12.5 Å². The minimum atomic E-state index is -0.423. The lowest BCUT2D eigenvalue weighted by Crippen LogP contribution is -2.39. The molecule has 2 aromatic heterocycles. The molecule has 2 N–H and O–H groups in total. The van der Waals surface area contributed by atoms with Crippen molar-refractivity contribution in [3.05, 3.63) is 89.4 Å². The highest BCUT2D eigenvalue weighted by Crippen LogP contribution is 2.36. The Balaban J connectivity index is 1.44. The molecule has 184 valence electrons. The highest BCUT2D eigenvalue weighted by atomic mass is 32.1. The topological polar surface area (TPSA) is 63.5 Å². The lowest BCUT2D eigenvalue weighted by atomic mass is 10.0. The van der Waals surface area contributed by atoms with Gasteiger partial charge in [0.05, 0.1) is 24.8 Å². The van der Waals surface area contributed by atoms with E-state index in [0.29, 0.717) is 24.3 Å². The van der Waals surface area contributed by atoms with Crippen LogP contribution in [0.4, 0.5) is 0 Å². The van der Waals surface area contributed by atoms with Crippen molar-refractivity contribution in [2.24, 2.45) is 7.05 Å². The number of hydrogen-bond acceptors (Lipinski definition) is 4. The molecule has 0 saturated heterocycles. The van der Waals surface area contributed by atoms with Gasteiger partial charge >= 0.3 is 0 Å². The Kier molecular flexibility index (Phi) is 7.07. The third-order valence-corrected chi connectivity index (χ3v) is 7.44. The number of aromatic nitrogens is 1. The van der Waals surface area contributed by atoms with Gasteiger partial charge in [0.1, 0.15) is 5.75 Å². The number of thiophene rings is 1. The molecular formula is C30H30N2O3S. The number of rotatable bonds is 9. The van der Waals surface area contributed by atoms with Crippen LogP contribution in [0.3, 0.4) is 0 Å². The third-order valence-electron chi connectivity index (χ3n) is 6.48. The molecule has 3 aromatic carbocycles. The van der Waals surface area contributed by atoms with Crippen molar-refractivity contribution in [3.63, 3.8) is 0 Å². The maximum absolute atomic E-state index is 13.5. The lowest BCUT2D eigenvalue weighted by Gasteiger charge is -2.18. The van der Waals surface area contributed by atoms with Crippen LogP contribution in [0.25, 0.3) is 32.1 Å². The van der Waals surface area contributed by atoms with Gasteiger partial charge in [0.15, 0.2) is 0 Å². The van der Waals surface area contributed by atoms with Crippen LogP contribution >= 0.6 is 11.3 Å². The highest BCUT2D eigenvalue weighted by molar-refractivity contribution is 7.17. The molecule has 5 nitrogen and oxygen atoms in total. The summed E-state index contributed by atoms with van der Waals surface area (Å²) in [5.74, 6) is 0.307. The molecular weight excluding hydrogens is 468 g/mol. The largest absolute Gasteiger partial charge is 0.493 e. The Morgan fingerprint density at radius 3 is 2.67 bits per heavy atom. The van der Waals surface area contributed by atoms with Crippen LogP contribution in [0.5, 0.6) is 5.75 Å². The van der Waals surface area contributed by atoms with Gasteiger partial charge in [-0.3, -0.25) is 4.79 Å². The molecule has 0 bridgehead atoms. The van der Waals surface area contributed by atoms with Gasteiger partial charge in [-0.1, -0.05) is 49.4 Å². The molecule has 5 rings (SSSR count). The van der Waals surface area contributed by atoms with Gasteiger partial charge in [-0.2, -0.15) is 0 Å². The van der Waals surface area contributed by atoms with Crippen molar-refractivity contribution in [1.29, 1.82) is 0 Å². The fraction of sp³-hybridized carbons (Fsp3) is 0.233. The zero-order valence-electron chi connectivity index (χ0n) is 20.5. The summed E-state index contributed by atoms with van der Waals surface area (Å²) in [5.41, 5.74) is 4.76. The van der Waals surface area contributed by atoms with Crippen LogP contribution in [0, 0.1) is 0 Å². The molecule has 0 fully saturated rings. The lowest BCUT2D eigenvalue weighted by molar-refractivity contribution is 0.0912. The highest BCUT2D eigenvalue weighted by Gasteiger charge is 2.20. The Hall–Kier alpha value is -3.61. The minimum absolute atomic E-state index is 0.158. The standard InChI is InChI=1S/C30H30N2O3S/c1-3-14-35-28-13-12-20(26-19-36-29-11-7-5-9-24(26)29)16-25(28)30(34)31-22(18-33)15-21-17-32(2)27-10-6-4-8-23(21)27/h4-13,16-17,19,22,33H,3,14-15,18H2,1-2H3,(H,31,34)/t22-/m1/s1. The smallest absolute Gasteiger partial charge is 0.255 e. The van der Waals surface area contributed by atoms with E-state index in [2.05, 4.69) is 45.7 Å². The number of nitrogens with one attached hydrogen (secondary N) is 1. The Morgan fingerprint density at radius 2 is 1.86 bits per heavy atom. The second kappa shape index (κ2) is 10.6. The molecule has 0 unspecified atom stereocenters. The zero-order valence-corrected chi connectivity index (χ0v) is 21.3. The monoisotopic (exact) mass is 498 g/mol. The third kappa shape index (κ3) is 4.74. The van der Waals surface area contributed by atoms with Gasteiger partial charge < -0.3 is 19.7 Å². The number of hydrogen-bond donors (Lipinski definition) is 2. The summed E-state index contributed by atoms with van der Waals surface area (Å²) >= 11 is 1.69. The maximum Gasteiger partial charge on any atom is 0.255 e. The average molecular weight is 499 g/mol. The van der Waals surface area contributed by atoms with E-state index in [1.165, 1.54) is 10.1 Å². The quantitative estimate of drug-likeness (QED) is 0.255.